The van der Waals surface area contributed by atoms with E-state index in [4.69, 9.17) is 18.9 Å². The number of methoxy groups -OCH3 is 2. The smallest absolute Gasteiger partial charge is 0.317 e. The van der Waals surface area contributed by atoms with Crippen LogP contribution in [-0.4, -0.2) is 124 Å². The molecule has 4 saturated carbocycles. The van der Waals surface area contributed by atoms with Gasteiger partial charge in [0.15, 0.2) is 6.29 Å². The standard InChI is InChI=1S/C38H60O13/c1-19-10-13-37(31(45)48-6)15-14-34(3)20(28(37)36(19,5)47)8-9-23-33(2)16-21(41)29(51-30-27(44)26(43)25(42)22(17-39)50-30)38(18-40,32(46)49-7)24(33)11-12-35(23,34)4/h8,19,21-30,39-44,47H,9-18H2,1-7H3/t19-,21-,22-,23-,24-,25-,26+,27-,28-,29+,30+,33-,34-,35-,36-,37+,38+/m1/s1. The van der Waals surface area contributed by atoms with E-state index in [1.54, 1.807) is 0 Å². The Morgan fingerprint density at radius 3 is 2.16 bits per heavy atom. The van der Waals surface area contributed by atoms with Crippen LogP contribution >= 0.6 is 0 Å². The van der Waals surface area contributed by atoms with Crippen molar-refractivity contribution in [3.63, 3.8) is 0 Å². The van der Waals surface area contributed by atoms with Gasteiger partial charge in [0.25, 0.3) is 0 Å². The van der Waals surface area contributed by atoms with Crippen LogP contribution in [0.1, 0.15) is 86.0 Å². The zero-order valence-corrected chi connectivity index (χ0v) is 31.1. The topological polar surface area (TPSA) is 213 Å². The zero-order valence-electron chi connectivity index (χ0n) is 31.1. The number of ether oxygens (including phenoxy) is 4. The van der Waals surface area contributed by atoms with Crippen molar-refractivity contribution >= 4 is 11.9 Å². The maximum atomic E-state index is 14.1. The van der Waals surface area contributed by atoms with Gasteiger partial charge in [-0.3, -0.25) is 9.59 Å². The molecular weight excluding hydrogens is 664 g/mol. The number of fused-ring (bicyclic) bond motifs is 7. The van der Waals surface area contributed by atoms with Crippen LogP contribution < -0.4 is 0 Å². The van der Waals surface area contributed by atoms with Gasteiger partial charge >= 0.3 is 11.9 Å². The minimum Gasteiger partial charge on any atom is -0.469 e. The van der Waals surface area contributed by atoms with Crippen LogP contribution in [0.15, 0.2) is 11.6 Å². The van der Waals surface area contributed by atoms with E-state index in [1.807, 2.05) is 13.8 Å². The van der Waals surface area contributed by atoms with Crippen LogP contribution in [0, 0.1) is 50.7 Å². The molecule has 0 unspecified atom stereocenters. The first-order valence-corrected chi connectivity index (χ1v) is 18.7. The summed E-state index contributed by atoms with van der Waals surface area (Å²) in [7, 11) is 2.63. The van der Waals surface area contributed by atoms with Gasteiger partial charge in [-0.2, -0.15) is 0 Å². The molecule has 0 aromatic heterocycles. The Morgan fingerprint density at radius 1 is 0.882 bits per heavy atom. The van der Waals surface area contributed by atoms with Crippen LogP contribution in [0.3, 0.4) is 0 Å². The van der Waals surface area contributed by atoms with Gasteiger partial charge in [0.05, 0.1) is 44.6 Å². The molecule has 0 aromatic carbocycles. The highest BCUT2D eigenvalue weighted by Gasteiger charge is 2.74. The molecule has 0 bridgehead atoms. The van der Waals surface area contributed by atoms with Crippen molar-refractivity contribution in [2.75, 3.05) is 27.4 Å². The summed E-state index contributed by atoms with van der Waals surface area (Å²) in [6.07, 6.45) is -4.26. The van der Waals surface area contributed by atoms with E-state index >= 15 is 0 Å². The first kappa shape index (κ1) is 39.0. The van der Waals surface area contributed by atoms with Crippen LogP contribution in [0.2, 0.25) is 0 Å². The van der Waals surface area contributed by atoms with Crippen molar-refractivity contribution in [2.24, 2.45) is 50.7 Å². The first-order chi connectivity index (χ1) is 23.8. The van der Waals surface area contributed by atoms with Gasteiger partial charge < -0.3 is 54.7 Å². The molecule has 51 heavy (non-hydrogen) atoms. The van der Waals surface area contributed by atoms with Gasteiger partial charge in [-0.1, -0.05) is 39.3 Å². The average Bonchev–Trinajstić information content (AvgIpc) is 3.09. The molecule has 0 radical (unpaired) electrons. The third kappa shape index (κ3) is 5.05. The van der Waals surface area contributed by atoms with Crippen molar-refractivity contribution in [2.45, 2.75) is 135 Å². The van der Waals surface area contributed by atoms with Crippen molar-refractivity contribution < 1.29 is 64.3 Å². The molecule has 17 atom stereocenters. The molecule has 1 aliphatic heterocycles. The first-order valence-electron chi connectivity index (χ1n) is 18.7. The van der Waals surface area contributed by atoms with Gasteiger partial charge in [0, 0.05) is 5.92 Å². The SMILES string of the molecule is COC(=O)[C@]12CC[C@@H](C)[C@@](C)(O)[C@H]1C1=CC[C@@H]3[C@@]4(C)C[C@@H](O)[C@H](O[C@@H]5O[C@H](CO)[C@@H](O)[C@H](O)[C@H]5O)[C@@](CO)(C(=O)OC)[C@@H]4CC[C@@]3(C)[C@]1(C)CC2. The Hall–Kier alpha value is -1.68. The van der Waals surface area contributed by atoms with Crippen LogP contribution in [-0.2, 0) is 28.5 Å². The van der Waals surface area contributed by atoms with E-state index in [2.05, 4.69) is 26.8 Å². The number of aliphatic hydroxyl groups excluding tert-OH is 6. The molecule has 6 aliphatic rings. The van der Waals surface area contributed by atoms with Crippen molar-refractivity contribution in [3.8, 4) is 0 Å². The number of carbonyl (C=O) groups excluding carboxylic acids is 2. The monoisotopic (exact) mass is 724 g/mol. The highest BCUT2D eigenvalue weighted by Crippen LogP contribution is 2.76. The minimum atomic E-state index is -1.80. The second-order valence-electron chi connectivity index (χ2n) is 17.8. The van der Waals surface area contributed by atoms with Gasteiger partial charge in [-0.25, -0.2) is 0 Å². The van der Waals surface area contributed by atoms with E-state index in [0.717, 1.165) is 5.57 Å². The molecular formula is C38H60O13. The van der Waals surface area contributed by atoms with E-state index in [-0.39, 0.29) is 24.2 Å². The Labute approximate surface area is 300 Å². The summed E-state index contributed by atoms with van der Waals surface area (Å²) in [6, 6.07) is 0. The quantitative estimate of drug-likeness (QED) is 0.117. The van der Waals surface area contributed by atoms with Gasteiger partial charge in [-0.15, -0.1) is 0 Å². The van der Waals surface area contributed by atoms with E-state index < -0.39 is 107 Å². The summed E-state index contributed by atoms with van der Waals surface area (Å²) in [5.41, 5.74) is -4.31. The number of hydrogen-bond donors (Lipinski definition) is 7. The maximum absolute atomic E-state index is 14.1. The number of allylic oxidation sites excluding steroid dienone is 1. The molecule has 0 spiro atoms. The predicted octanol–water partition coefficient (Wildman–Crippen LogP) is 1.21. The fraction of sp³-hybridized carbons (Fsp3) is 0.895. The summed E-state index contributed by atoms with van der Waals surface area (Å²) >= 11 is 0. The van der Waals surface area contributed by atoms with Gasteiger partial charge in [-0.05, 0) is 92.3 Å². The summed E-state index contributed by atoms with van der Waals surface area (Å²) < 4.78 is 22.6. The second kappa shape index (κ2) is 13.0. The van der Waals surface area contributed by atoms with Crippen molar-refractivity contribution in [1.82, 2.24) is 0 Å². The molecule has 0 aromatic rings. The third-order valence-electron chi connectivity index (χ3n) is 16.0. The molecule has 1 heterocycles. The summed E-state index contributed by atoms with van der Waals surface area (Å²) in [6.45, 7) is 9.03. The largest absolute Gasteiger partial charge is 0.469 e. The summed E-state index contributed by atoms with van der Waals surface area (Å²) in [5, 5.41) is 77.0. The average molecular weight is 725 g/mol. The highest BCUT2D eigenvalue weighted by atomic mass is 16.7. The van der Waals surface area contributed by atoms with Gasteiger partial charge in [0.1, 0.15) is 35.9 Å². The molecule has 5 aliphatic carbocycles. The molecule has 13 heteroatoms. The van der Waals surface area contributed by atoms with Crippen LogP contribution in [0.5, 0.6) is 0 Å². The number of carbonyl (C=O) groups is 2. The molecule has 6 rings (SSSR count). The van der Waals surface area contributed by atoms with E-state index in [9.17, 15) is 45.3 Å². The molecule has 13 nitrogen and oxygen atoms in total. The number of hydrogen-bond acceptors (Lipinski definition) is 13. The maximum Gasteiger partial charge on any atom is 0.317 e. The lowest BCUT2D eigenvalue weighted by Crippen LogP contribution is -2.72. The van der Waals surface area contributed by atoms with Crippen molar-refractivity contribution in [3.05, 3.63) is 11.6 Å². The lowest BCUT2D eigenvalue weighted by atomic mass is 9.32. The highest BCUT2D eigenvalue weighted by molar-refractivity contribution is 5.80. The van der Waals surface area contributed by atoms with E-state index in [0.29, 0.717) is 44.9 Å². The molecule has 7 N–H and O–H groups in total. The second-order valence-corrected chi connectivity index (χ2v) is 17.8. The summed E-state index contributed by atoms with van der Waals surface area (Å²) in [5.74, 6) is -2.22. The molecule has 290 valence electrons. The number of rotatable bonds is 6. The Bertz CT molecular complexity index is 1400. The predicted molar refractivity (Wildman–Crippen MR) is 180 cm³/mol. The van der Waals surface area contributed by atoms with Crippen molar-refractivity contribution in [1.29, 1.82) is 0 Å². The van der Waals surface area contributed by atoms with E-state index in [1.165, 1.54) is 14.2 Å². The number of aliphatic hydroxyl groups is 7. The Morgan fingerprint density at radius 2 is 1.55 bits per heavy atom. The Balaban J connectivity index is 1.42. The third-order valence-corrected chi connectivity index (χ3v) is 16.0. The lowest BCUT2D eigenvalue weighted by Gasteiger charge is -2.72. The van der Waals surface area contributed by atoms with Crippen LogP contribution in [0.25, 0.3) is 0 Å². The normalized spacial score (nSPS) is 53.8. The molecule has 5 fully saturated rings. The zero-order chi connectivity index (χ0) is 37.7. The van der Waals surface area contributed by atoms with Gasteiger partial charge in [0.2, 0.25) is 0 Å². The fourth-order valence-corrected chi connectivity index (χ4v) is 12.9. The lowest BCUT2D eigenvalue weighted by molar-refractivity contribution is -0.344. The fourth-order valence-electron chi connectivity index (χ4n) is 12.9. The molecule has 0 amide bonds. The number of esters is 2. The minimum absolute atomic E-state index is 0.0401. The summed E-state index contributed by atoms with van der Waals surface area (Å²) in [4.78, 5) is 27.7. The Kier molecular flexibility index (Phi) is 9.93. The van der Waals surface area contributed by atoms with Crippen LogP contribution in [0.4, 0.5) is 0 Å². The molecule has 1 saturated heterocycles.